The third kappa shape index (κ3) is 2.92. The van der Waals surface area contributed by atoms with Crippen molar-refractivity contribution in [3.63, 3.8) is 0 Å². The van der Waals surface area contributed by atoms with Crippen molar-refractivity contribution in [3.05, 3.63) is 51.0 Å². The fourth-order valence-electron chi connectivity index (χ4n) is 2.05. The number of aromatic amines is 2. The van der Waals surface area contributed by atoms with E-state index in [0.29, 0.717) is 12.4 Å². The van der Waals surface area contributed by atoms with E-state index in [1.807, 2.05) is 24.3 Å². The van der Waals surface area contributed by atoms with E-state index in [1.165, 1.54) is 0 Å². The Kier molecular flexibility index (Phi) is 3.66. The van der Waals surface area contributed by atoms with Crippen LogP contribution in [0.15, 0.2) is 39.6 Å². The fraction of sp³-hybridized carbons (Fsp3) is 0.143. The van der Waals surface area contributed by atoms with Gasteiger partial charge in [-0.3, -0.25) is 0 Å². The van der Waals surface area contributed by atoms with Crippen molar-refractivity contribution in [2.45, 2.75) is 6.54 Å². The fourth-order valence-corrected chi connectivity index (χ4v) is 2.53. The monoisotopic (exact) mass is 348 g/mol. The van der Waals surface area contributed by atoms with Crippen LogP contribution in [-0.2, 0) is 6.54 Å². The molecule has 3 aromatic rings. The summed E-state index contributed by atoms with van der Waals surface area (Å²) in [4.78, 5) is 21.1. The molecule has 0 saturated heterocycles. The van der Waals surface area contributed by atoms with E-state index in [1.54, 1.807) is 13.2 Å². The number of halogens is 1. The van der Waals surface area contributed by atoms with Crippen LogP contribution >= 0.6 is 15.9 Å². The first kappa shape index (κ1) is 13.7. The lowest BCUT2D eigenvalue weighted by Crippen LogP contribution is -2.03. The van der Waals surface area contributed by atoms with E-state index in [2.05, 4.69) is 36.2 Å². The summed E-state index contributed by atoms with van der Waals surface area (Å²) in [5.41, 5.74) is 3.04. The molecule has 0 aliphatic rings. The van der Waals surface area contributed by atoms with Crippen LogP contribution in [0.25, 0.3) is 11.0 Å². The maximum Gasteiger partial charge on any atom is 0.323 e. The Morgan fingerprint density at radius 3 is 2.81 bits per heavy atom. The number of anilines is 1. The van der Waals surface area contributed by atoms with Crippen LogP contribution in [0.2, 0.25) is 0 Å². The predicted octanol–water partition coefficient (Wildman–Crippen LogP) is 2.63. The van der Waals surface area contributed by atoms with Gasteiger partial charge in [-0.05, 0) is 34.1 Å². The Hall–Kier alpha value is -2.28. The number of ether oxygens (including phenoxy) is 1. The number of aromatic nitrogens is 3. The zero-order chi connectivity index (χ0) is 14.8. The van der Waals surface area contributed by atoms with Crippen molar-refractivity contribution in [2.75, 3.05) is 12.4 Å². The van der Waals surface area contributed by atoms with Crippen molar-refractivity contribution in [1.82, 2.24) is 15.0 Å². The number of hydrogen-bond donors (Lipinski definition) is 3. The van der Waals surface area contributed by atoms with E-state index >= 15 is 0 Å². The molecule has 2 aromatic heterocycles. The minimum Gasteiger partial charge on any atom is -0.481 e. The number of nitrogens with one attached hydrogen (secondary N) is 3. The summed E-state index contributed by atoms with van der Waals surface area (Å²) >= 11 is 3.48. The molecule has 0 radical (unpaired) electrons. The number of nitrogens with zero attached hydrogens (tertiary/aromatic N) is 1. The quantitative estimate of drug-likeness (QED) is 0.676. The summed E-state index contributed by atoms with van der Waals surface area (Å²) in [6.07, 6.45) is 0. The number of fused-ring (bicyclic) bond motifs is 1. The summed E-state index contributed by atoms with van der Waals surface area (Å²) < 4.78 is 5.97. The van der Waals surface area contributed by atoms with Gasteiger partial charge in [-0.25, -0.2) is 9.78 Å². The van der Waals surface area contributed by atoms with Crippen LogP contribution in [0.1, 0.15) is 5.69 Å². The van der Waals surface area contributed by atoms with Crippen molar-refractivity contribution < 1.29 is 4.74 Å². The highest BCUT2D eigenvalue weighted by molar-refractivity contribution is 9.10. The standard InChI is InChI=1S/C14H13BrN4O2/c1-21-13-4-2-3-8(17-13)7-16-10-6-12-11(5-9(10)15)18-14(20)19-12/h2-6,16H,7H2,1H3,(H2,18,19,20). The van der Waals surface area contributed by atoms with Crippen LogP contribution in [-0.4, -0.2) is 22.1 Å². The highest BCUT2D eigenvalue weighted by Crippen LogP contribution is 2.26. The number of pyridine rings is 1. The van der Waals surface area contributed by atoms with Crippen LogP contribution in [0, 0.1) is 0 Å². The van der Waals surface area contributed by atoms with E-state index in [9.17, 15) is 4.79 Å². The highest BCUT2D eigenvalue weighted by atomic mass is 79.9. The number of imidazole rings is 1. The van der Waals surface area contributed by atoms with Gasteiger partial charge in [-0.2, -0.15) is 0 Å². The zero-order valence-corrected chi connectivity index (χ0v) is 12.8. The van der Waals surface area contributed by atoms with Gasteiger partial charge in [0, 0.05) is 10.5 Å². The molecular weight excluding hydrogens is 336 g/mol. The van der Waals surface area contributed by atoms with Gasteiger partial charge in [0.2, 0.25) is 5.88 Å². The molecule has 1 aromatic carbocycles. The van der Waals surface area contributed by atoms with Gasteiger partial charge >= 0.3 is 5.69 Å². The first-order valence-electron chi connectivity index (χ1n) is 6.31. The van der Waals surface area contributed by atoms with Gasteiger partial charge in [0.25, 0.3) is 0 Å². The Balaban J connectivity index is 1.83. The Labute approximate surface area is 128 Å². The Morgan fingerprint density at radius 1 is 1.29 bits per heavy atom. The summed E-state index contributed by atoms with van der Waals surface area (Å²) in [7, 11) is 1.59. The molecule has 0 unspecified atom stereocenters. The molecule has 0 aliphatic carbocycles. The number of H-pyrrole nitrogens is 2. The van der Waals surface area contributed by atoms with Gasteiger partial charge in [-0.15, -0.1) is 0 Å². The molecule has 3 rings (SSSR count). The SMILES string of the molecule is COc1cccc(CNc2cc3[nH]c(=O)[nH]c3cc2Br)n1. The summed E-state index contributed by atoms with van der Waals surface area (Å²) in [5.74, 6) is 0.582. The minimum atomic E-state index is -0.219. The number of hydrogen-bond acceptors (Lipinski definition) is 4. The molecular formula is C14H13BrN4O2. The van der Waals surface area contributed by atoms with Crippen LogP contribution in [0.5, 0.6) is 5.88 Å². The first-order valence-corrected chi connectivity index (χ1v) is 7.10. The normalized spacial score (nSPS) is 10.8. The second kappa shape index (κ2) is 5.61. The lowest BCUT2D eigenvalue weighted by Gasteiger charge is -2.09. The smallest absolute Gasteiger partial charge is 0.323 e. The number of rotatable bonds is 4. The van der Waals surface area contributed by atoms with Gasteiger partial charge in [-0.1, -0.05) is 6.07 Å². The summed E-state index contributed by atoms with van der Waals surface area (Å²) in [6, 6.07) is 9.34. The molecule has 0 spiro atoms. The molecule has 108 valence electrons. The van der Waals surface area contributed by atoms with Crippen molar-refractivity contribution in [2.24, 2.45) is 0 Å². The predicted molar refractivity (Wildman–Crippen MR) is 84.7 cm³/mol. The highest BCUT2D eigenvalue weighted by Gasteiger charge is 2.06. The van der Waals surface area contributed by atoms with E-state index in [-0.39, 0.29) is 5.69 Å². The Morgan fingerprint density at radius 2 is 2.05 bits per heavy atom. The van der Waals surface area contributed by atoms with Crippen LogP contribution < -0.4 is 15.7 Å². The molecule has 2 heterocycles. The largest absolute Gasteiger partial charge is 0.481 e. The van der Waals surface area contributed by atoms with E-state index in [4.69, 9.17) is 4.74 Å². The molecule has 21 heavy (non-hydrogen) atoms. The van der Waals surface area contributed by atoms with Crippen molar-refractivity contribution in [1.29, 1.82) is 0 Å². The minimum absolute atomic E-state index is 0.219. The molecule has 0 aliphatic heterocycles. The summed E-state index contributed by atoms with van der Waals surface area (Å²) in [5, 5.41) is 3.28. The van der Waals surface area contributed by atoms with Crippen LogP contribution in [0.4, 0.5) is 5.69 Å². The maximum absolute atomic E-state index is 11.3. The molecule has 6 nitrogen and oxygen atoms in total. The average molecular weight is 349 g/mol. The molecule has 7 heteroatoms. The average Bonchev–Trinajstić information content (AvgIpc) is 2.84. The molecule has 0 atom stereocenters. The molecule has 0 bridgehead atoms. The topological polar surface area (TPSA) is 82.8 Å². The molecule has 0 fully saturated rings. The number of methoxy groups -OCH3 is 1. The van der Waals surface area contributed by atoms with Gasteiger partial charge in [0.05, 0.1) is 36.1 Å². The van der Waals surface area contributed by atoms with Gasteiger partial charge in [0.15, 0.2) is 0 Å². The second-order valence-corrected chi connectivity index (χ2v) is 5.34. The Bertz CT molecular complexity index is 840. The van der Waals surface area contributed by atoms with Crippen molar-refractivity contribution in [3.8, 4) is 5.88 Å². The summed E-state index contributed by atoms with van der Waals surface area (Å²) in [6.45, 7) is 0.552. The van der Waals surface area contributed by atoms with E-state index < -0.39 is 0 Å². The van der Waals surface area contributed by atoms with Gasteiger partial charge < -0.3 is 20.0 Å². The third-order valence-corrected chi connectivity index (χ3v) is 3.71. The maximum atomic E-state index is 11.3. The zero-order valence-electron chi connectivity index (χ0n) is 11.2. The number of benzene rings is 1. The second-order valence-electron chi connectivity index (χ2n) is 4.48. The first-order chi connectivity index (χ1) is 10.2. The lowest BCUT2D eigenvalue weighted by molar-refractivity contribution is 0.396. The van der Waals surface area contributed by atoms with Gasteiger partial charge in [0.1, 0.15) is 0 Å². The van der Waals surface area contributed by atoms with Crippen LogP contribution in [0.3, 0.4) is 0 Å². The van der Waals surface area contributed by atoms with Crippen molar-refractivity contribution >= 4 is 32.7 Å². The lowest BCUT2D eigenvalue weighted by atomic mass is 10.2. The van der Waals surface area contributed by atoms with E-state index in [0.717, 1.165) is 26.9 Å². The molecule has 3 N–H and O–H groups in total. The third-order valence-electron chi connectivity index (χ3n) is 3.05. The molecule has 0 saturated carbocycles. The molecule has 0 amide bonds.